The summed E-state index contributed by atoms with van der Waals surface area (Å²) in [6, 6.07) is 23.9. The molecule has 0 aliphatic carbocycles. The third-order valence-electron chi connectivity index (χ3n) is 3.29. The van der Waals surface area contributed by atoms with E-state index in [1.807, 2.05) is 60.7 Å². The Kier molecular flexibility index (Phi) is 4.17. The molecule has 3 rings (SSSR count). The van der Waals surface area contributed by atoms with Crippen molar-refractivity contribution in [2.75, 3.05) is 5.32 Å². The summed E-state index contributed by atoms with van der Waals surface area (Å²) >= 11 is 6.26. The van der Waals surface area contributed by atoms with E-state index < -0.39 is 0 Å². The van der Waals surface area contributed by atoms with Gasteiger partial charge in [-0.2, -0.15) is 0 Å². The molecule has 0 saturated carbocycles. The van der Waals surface area contributed by atoms with Gasteiger partial charge in [0.25, 0.3) is 0 Å². The molecule has 0 aliphatic heterocycles. The van der Waals surface area contributed by atoms with E-state index in [1.54, 1.807) is 6.20 Å². The molecule has 0 radical (unpaired) electrons. The van der Waals surface area contributed by atoms with Crippen molar-refractivity contribution in [1.29, 1.82) is 0 Å². The SMILES string of the molecule is Clc1ccccc1NC(c1ccccc1)c1ccccn1. The topological polar surface area (TPSA) is 24.9 Å². The van der Waals surface area contributed by atoms with Crippen LogP contribution in [0.5, 0.6) is 0 Å². The molecule has 0 amide bonds. The molecule has 2 nitrogen and oxygen atoms in total. The molecular formula is C18H15ClN2. The lowest BCUT2D eigenvalue weighted by Crippen LogP contribution is -2.13. The van der Waals surface area contributed by atoms with Gasteiger partial charge in [-0.25, -0.2) is 0 Å². The van der Waals surface area contributed by atoms with Crippen LogP contribution in [-0.2, 0) is 0 Å². The lowest BCUT2D eigenvalue weighted by Gasteiger charge is -2.20. The van der Waals surface area contributed by atoms with E-state index in [9.17, 15) is 0 Å². The van der Waals surface area contributed by atoms with Crippen molar-refractivity contribution >= 4 is 17.3 Å². The van der Waals surface area contributed by atoms with E-state index in [0.29, 0.717) is 5.02 Å². The molecule has 1 N–H and O–H groups in total. The predicted molar refractivity (Wildman–Crippen MR) is 87.6 cm³/mol. The average Bonchev–Trinajstić information content (AvgIpc) is 2.56. The van der Waals surface area contributed by atoms with Crippen LogP contribution in [0.4, 0.5) is 5.69 Å². The van der Waals surface area contributed by atoms with Gasteiger partial charge >= 0.3 is 0 Å². The summed E-state index contributed by atoms with van der Waals surface area (Å²) in [7, 11) is 0. The van der Waals surface area contributed by atoms with Gasteiger partial charge in [0.1, 0.15) is 0 Å². The summed E-state index contributed by atoms with van der Waals surface area (Å²) < 4.78 is 0. The highest BCUT2D eigenvalue weighted by Crippen LogP contribution is 2.29. The normalized spacial score (nSPS) is 11.9. The molecule has 0 saturated heterocycles. The first-order valence-electron chi connectivity index (χ1n) is 6.81. The molecule has 2 aromatic carbocycles. The third kappa shape index (κ3) is 3.23. The molecule has 0 fully saturated rings. The first-order valence-corrected chi connectivity index (χ1v) is 7.19. The van der Waals surface area contributed by atoms with Crippen molar-refractivity contribution < 1.29 is 0 Å². The van der Waals surface area contributed by atoms with Gasteiger partial charge in [-0.15, -0.1) is 0 Å². The average molecular weight is 295 g/mol. The fourth-order valence-electron chi connectivity index (χ4n) is 2.25. The fraction of sp³-hybridized carbons (Fsp3) is 0.0556. The van der Waals surface area contributed by atoms with Crippen molar-refractivity contribution in [1.82, 2.24) is 4.98 Å². The third-order valence-corrected chi connectivity index (χ3v) is 3.62. The van der Waals surface area contributed by atoms with Crippen molar-refractivity contribution in [3.05, 3.63) is 95.3 Å². The molecule has 1 aromatic heterocycles. The van der Waals surface area contributed by atoms with Crippen LogP contribution in [-0.4, -0.2) is 4.98 Å². The first kappa shape index (κ1) is 13.7. The molecule has 0 aliphatic rings. The van der Waals surface area contributed by atoms with Crippen LogP contribution < -0.4 is 5.32 Å². The van der Waals surface area contributed by atoms with Gasteiger partial charge in [-0.3, -0.25) is 4.98 Å². The van der Waals surface area contributed by atoms with Crippen LogP contribution in [0.2, 0.25) is 5.02 Å². The molecule has 104 valence electrons. The van der Waals surface area contributed by atoms with Gasteiger partial charge in [-0.1, -0.05) is 60.1 Å². The fourth-order valence-corrected chi connectivity index (χ4v) is 2.44. The lowest BCUT2D eigenvalue weighted by atomic mass is 10.0. The number of nitrogens with zero attached hydrogens (tertiary/aromatic N) is 1. The quantitative estimate of drug-likeness (QED) is 0.737. The Morgan fingerprint density at radius 1 is 0.810 bits per heavy atom. The number of aromatic nitrogens is 1. The van der Waals surface area contributed by atoms with Crippen molar-refractivity contribution in [2.24, 2.45) is 0 Å². The second kappa shape index (κ2) is 6.42. The minimum atomic E-state index is -0.0349. The Balaban J connectivity index is 1.99. The first-order chi connectivity index (χ1) is 10.3. The summed E-state index contributed by atoms with van der Waals surface area (Å²) in [6.45, 7) is 0. The monoisotopic (exact) mass is 294 g/mol. The maximum absolute atomic E-state index is 6.26. The largest absolute Gasteiger partial charge is 0.372 e. The Hall–Kier alpha value is -2.32. The standard InChI is InChI=1S/C18H15ClN2/c19-15-10-4-5-11-16(15)21-18(14-8-2-1-3-9-14)17-12-6-7-13-20-17/h1-13,18,21H. The summed E-state index contributed by atoms with van der Waals surface area (Å²) in [5, 5.41) is 4.19. The highest BCUT2D eigenvalue weighted by molar-refractivity contribution is 6.33. The van der Waals surface area contributed by atoms with Crippen molar-refractivity contribution in [2.45, 2.75) is 6.04 Å². The minimum Gasteiger partial charge on any atom is -0.372 e. The second-order valence-electron chi connectivity index (χ2n) is 4.72. The van der Waals surface area contributed by atoms with Gasteiger partial charge in [-0.05, 0) is 29.8 Å². The Morgan fingerprint density at radius 2 is 1.52 bits per heavy atom. The maximum Gasteiger partial charge on any atom is 0.0940 e. The molecule has 0 spiro atoms. The molecule has 1 heterocycles. The molecule has 1 atom stereocenters. The van der Waals surface area contributed by atoms with Gasteiger partial charge in [0.15, 0.2) is 0 Å². The van der Waals surface area contributed by atoms with Crippen molar-refractivity contribution in [3.63, 3.8) is 0 Å². The van der Waals surface area contributed by atoms with Gasteiger partial charge < -0.3 is 5.32 Å². The van der Waals surface area contributed by atoms with E-state index in [1.165, 1.54) is 0 Å². The zero-order valence-corrected chi connectivity index (χ0v) is 12.2. The number of pyridine rings is 1. The Morgan fingerprint density at radius 3 is 2.24 bits per heavy atom. The molecule has 1 unspecified atom stereocenters. The predicted octanol–water partition coefficient (Wildman–Crippen LogP) is 4.94. The smallest absolute Gasteiger partial charge is 0.0940 e. The van der Waals surface area contributed by atoms with E-state index in [0.717, 1.165) is 16.9 Å². The van der Waals surface area contributed by atoms with E-state index >= 15 is 0 Å². The molecule has 3 aromatic rings. The number of halogens is 1. The lowest BCUT2D eigenvalue weighted by molar-refractivity contribution is 0.887. The number of para-hydroxylation sites is 1. The van der Waals surface area contributed by atoms with Crippen molar-refractivity contribution in [3.8, 4) is 0 Å². The Bertz CT molecular complexity index is 659. The summed E-state index contributed by atoms with van der Waals surface area (Å²) in [6.07, 6.45) is 1.81. The molecule has 21 heavy (non-hydrogen) atoms. The van der Waals surface area contributed by atoms with Crippen LogP contribution in [0.25, 0.3) is 0 Å². The highest BCUT2D eigenvalue weighted by atomic mass is 35.5. The highest BCUT2D eigenvalue weighted by Gasteiger charge is 2.15. The van der Waals surface area contributed by atoms with Gasteiger partial charge in [0, 0.05) is 6.20 Å². The zero-order valence-electron chi connectivity index (χ0n) is 11.4. The number of anilines is 1. The van der Waals surface area contributed by atoms with Crippen LogP contribution in [0.3, 0.4) is 0 Å². The summed E-state index contributed by atoms with van der Waals surface area (Å²) in [5.74, 6) is 0. The Labute approximate surface area is 129 Å². The molecular weight excluding hydrogens is 280 g/mol. The van der Waals surface area contributed by atoms with Gasteiger partial charge in [0.05, 0.1) is 22.4 Å². The summed E-state index contributed by atoms with van der Waals surface area (Å²) in [5.41, 5.74) is 3.01. The molecule has 3 heteroatoms. The van der Waals surface area contributed by atoms with Gasteiger partial charge in [0.2, 0.25) is 0 Å². The summed E-state index contributed by atoms with van der Waals surface area (Å²) in [4.78, 5) is 4.48. The van der Waals surface area contributed by atoms with E-state index in [-0.39, 0.29) is 6.04 Å². The minimum absolute atomic E-state index is 0.0349. The second-order valence-corrected chi connectivity index (χ2v) is 5.13. The number of hydrogen-bond acceptors (Lipinski definition) is 2. The van der Waals surface area contributed by atoms with E-state index in [4.69, 9.17) is 11.6 Å². The molecule has 0 bridgehead atoms. The maximum atomic E-state index is 6.26. The van der Waals surface area contributed by atoms with Crippen LogP contribution in [0, 0.1) is 0 Å². The number of rotatable bonds is 4. The van der Waals surface area contributed by atoms with Crippen LogP contribution in [0.15, 0.2) is 79.0 Å². The van der Waals surface area contributed by atoms with E-state index in [2.05, 4.69) is 22.4 Å². The number of benzene rings is 2. The number of nitrogens with one attached hydrogen (secondary N) is 1. The number of hydrogen-bond donors (Lipinski definition) is 1. The zero-order chi connectivity index (χ0) is 14.5. The van der Waals surface area contributed by atoms with Crippen LogP contribution >= 0.6 is 11.6 Å². The van der Waals surface area contributed by atoms with Crippen LogP contribution in [0.1, 0.15) is 17.3 Å².